The van der Waals surface area contributed by atoms with E-state index in [4.69, 9.17) is 0 Å². The Morgan fingerprint density at radius 1 is 0.920 bits per heavy atom. The lowest BCUT2D eigenvalue weighted by molar-refractivity contribution is 0.626. The Labute approximate surface area is 148 Å². The molecule has 7 heteroatoms. The van der Waals surface area contributed by atoms with Crippen LogP contribution in [0.15, 0.2) is 34.5 Å². The van der Waals surface area contributed by atoms with Crippen LogP contribution < -0.4 is 10.9 Å². The molecule has 0 unspecified atom stereocenters. The van der Waals surface area contributed by atoms with Gasteiger partial charge in [0.25, 0.3) is 5.95 Å². The molecule has 0 fully saturated rings. The maximum absolute atomic E-state index is 4.39. The van der Waals surface area contributed by atoms with Crippen molar-refractivity contribution >= 4 is 24.2 Å². The molecule has 0 aromatic carbocycles. The number of anilines is 2. The van der Waals surface area contributed by atoms with E-state index < -0.39 is 0 Å². The third-order valence-corrected chi connectivity index (χ3v) is 4.38. The van der Waals surface area contributed by atoms with Gasteiger partial charge in [0.2, 0.25) is 0 Å². The minimum atomic E-state index is 0.367. The zero-order chi connectivity index (χ0) is 17.3. The summed E-state index contributed by atoms with van der Waals surface area (Å²) in [7, 11) is 0. The Morgan fingerprint density at radius 2 is 1.56 bits per heavy atom. The summed E-state index contributed by atoms with van der Waals surface area (Å²) in [5, 5.41) is 16.7. The van der Waals surface area contributed by atoms with Crippen LogP contribution >= 0.6 is 0 Å². The van der Waals surface area contributed by atoms with Crippen LogP contribution in [0.1, 0.15) is 44.2 Å². The van der Waals surface area contributed by atoms with E-state index in [1.807, 2.05) is 19.4 Å². The highest BCUT2D eigenvalue weighted by Gasteiger charge is 2.08. The first-order chi connectivity index (χ1) is 12.3. The molecule has 0 saturated heterocycles. The molecule has 0 aliphatic heterocycles. The van der Waals surface area contributed by atoms with E-state index in [0.717, 1.165) is 38.5 Å². The largest absolute Gasteiger partial charge is 0.265 e. The van der Waals surface area contributed by atoms with Crippen LogP contribution in [0, 0.1) is 18.8 Å². The summed E-state index contributed by atoms with van der Waals surface area (Å²) in [4.78, 5) is 4.39. The fourth-order valence-corrected chi connectivity index (χ4v) is 2.84. The van der Waals surface area contributed by atoms with Crippen LogP contribution in [0.3, 0.4) is 0 Å². The molecule has 2 aliphatic carbocycles. The van der Waals surface area contributed by atoms with Crippen LogP contribution in [0.4, 0.5) is 11.8 Å². The highest BCUT2D eigenvalue weighted by Crippen LogP contribution is 2.17. The third kappa shape index (κ3) is 5.48. The summed E-state index contributed by atoms with van der Waals surface area (Å²) in [6.07, 6.45) is 19.3. The van der Waals surface area contributed by atoms with Gasteiger partial charge in [-0.1, -0.05) is 24.3 Å². The van der Waals surface area contributed by atoms with Gasteiger partial charge in [-0.25, -0.2) is 5.43 Å². The first-order valence-electron chi connectivity index (χ1n) is 8.91. The zero-order valence-electron chi connectivity index (χ0n) is 14.6. The molecule has 0 spiro atoms. The molecule has 7 nitrogen and oxygen atoms in total. The minimum Gasteiger partial charge on any atom is -0.260 e. The monoisotopic (exact) mass is 339 g/mol. The molecule has 1 heterocycles. The SMILES string of the molecule is Cc1nnc(N/N=C\[C@@H]2CC=CCC2)nc1N/N=C\[C@H]1CC=CCC1. The van der Waals surface area contributed by atoms with Crippen LogP contribution in [0.2, 0.25) is 0 Å². The average Bonchev–Trinajstić information content (AvgIpc) is 2.66. The normalized spacial score (nSPS) is 23.4. The molecular formula is C18H25N7. The molecule has 0 saturated carbocycles. The van der Waals surface area contributed by atoms with E-state index in [-0.39, 0.29) is 0 Å². The van der Waals surface area contributed by atoms with Gasteiger partial charge in [0.1, 0.15) is 5.69 Å². The maximum Gasteiger partial charge on any atom is 0.265 e. The molecular weight excluding hydrogens is 314 g/mol. The van der Waals surface area contributed by atoms with Crippen LogP contribution in [0.25, 0.3) is 0 Å². The summed E-state index contributed by atoms with van der Waals surface area (Å²) >= 11 is 0. The van der Waals surface area contributed by atoms with Crippen molar-refractivity contribution in [3.63, 3.8) is 0 Å². The van der Waals surface area contributed by atoms with E-state index in [2.05, 4.69) is 60.5 Å². The summed E-state index contributed by atoms with van der Waals surface area (Å²) in [5.41, 5.74) is 6.53. The Morgan fingerprint density at radius 3 is 2.16 bits per heavy atom. The lowest BCUT2D eigenvalue weighted by atomic mass is 9.96. The molecule has 132 valence electrons. The molecule has 25 heavy (non-hydrogen) atoms. The average molecular weight is 339 g/mol. The van der Waals surface area contributed by atoms with Gasteiger partial charge in [0.05, 0.1) is 0 Å². The highest BCUT2D eigenvalue weighted by molar-refractivity contribution is 5.63. The first kappa shape index (κ1) is 17.3. The van der Waals surface area contributed by atoms with Crippen molar-refractivity contribution in [3.05, 3.63) is 30.0 Å². The second-order valence-corrected chi connectivity index (χ2v) is 6.44. The first-order valence-corrected chi connectivity index (χ1v) is 8.91. The van der Waals surface area contributed by atoms with Gasteiger partial charge in [0, 0.05) is 12.4 Å². The van der Waals surface area contributed by atoms with E-state index in [0.29, 0.717) is 29.3 Å². The Hall–Kier alpha value is -2.57. The van der Waals surface area contributed by atoms with Gasteiger partial charge in [-0.3, -0.25) is 5.43 Å². The molecule has 1 aromatic heterocycles. The van der Waals surface area contributed by atoms with Crippen LogP contribution in [-0.2, 0) is 0 Å². The molecule has 1 aromatic rings. The van der Waals surface area contributed by atoms with Gasteiger partial charge in [-0.15, -0.1) is 10.2 Å². The van der Waals surface area contributed by atoms with Crippen molar-refractivity contribution in [2.24, 2.45) is 22.0 Å². The van der Waals surface area contributed by atoms with Crippen LogP contribution in [-0.4, -0.2) is 27.6 Å². The standard InChI is InChI=1S/C18H25N7/c1-14-17(23-19-12-15-8-4-2-5-9-15)21-18(25-22-14)24-20-13-16-10-6-3-7-11-16/h2-4,6,12-13,15-16H,5,7-11H2,1H3,(H2,21,23,24,25)/b19-12-,20-13-/t15-,16+/m0/s1. The smallest absolute Gasteiger partial charge is 0.260 e. The Balaban J connectivity index is 1.54. The highest BCUT2D eigenvalue weighted by atomic mass is 15.4. The Bertz CT molecular complexity index is 678. The Kier molecular flexibility index (Phi) is 6.25. The number of aromatic nitrogens is 3. The number of hydrazone groups is 2. The lowest BCUT2D eigenvalue weighted by Crippen LogP contribution is -2.09. The van der Waals surface area contributed by atoms with E-state index in [1.165, 1.54) is 0 Å². The third-order valence-electron chi connectivity index (χ3n) is 4.38. The quantitative estimate of drug-likeness (QED) is 0.469. The summed E-state index contributed by atoms with van der Waals surface area (Å²) in [6.45, 7) is 1.85. The summed E-state index contributed by atoms with van der Waals surface area (Å²) < 4.78 is 0. The van der Waals surface area contributed by atoms with Gasteiger partial charge in [-0.05, 0) is 57.3 Å². The predicted octanol–water partition coefficient (Wildman–Crippen LogP) is 3.69. The van der Waals surface area contributed by atoms with Gasteiger partial charge in [-0.2, -0.15) is 15.2 Å². The molecule has 0 amide bonds. The van der Waals surface area contributed by atoms with Crippen molar-refractivity contribution in [2.75, 3.05) is 10.9 Å². The number of allylic oxidation sites excluding steroid dienone is 4. The van der Waals surface area contributed by atoms with Crippen molar-refractivity contribution in [1.82, 2.24) is 15.2 Å². The van der Waals surface area contributed by atoms with Gasteiger partial charge in [0.15, 0.2) is 5.82 Å². The van der Waals surface area contributed by atoms with Crippen molar-refractivity contribution in [2.45, 2.75) is 45.4 Å². The lowest BCUT2D eigenvalue weighted by Gasteiger charge is -2.12. The fourth-order valence-electron chi connectivity index (χ4n) is 2.84. The van der Waals surface area contributed by atoms with Gasteiger partial charge >= 0.3 is 0 Å². The molecule has 2 atom stereocenters. The fraction of sp³-hybridized carbons (Fsp3) is 0.500. The number of aryl methyl sites for hydroxylation is 1. The molecule has 2 aliphatic rings. The van der Waals surface area contributed by atoms with E-state index in [1.54, 1.807) is 0 Å². The molecule has 0 bridgehead atoms. The maximum atomic E-state index is 4.39. The summed E-state index contributed by atoms with van der Waals surface area (Å²) in [5.74, 6) is 1.92. The minimum absolute atomic E-state index is 0.367. The number of nitrogens with one attached hydrogen (secondary N) is 2. The second kappa shape index (κ2) is 9.05. The summed E-state index contributed by atoms with van der Waals surface area (Å²) in [6, 6.07) is 0. The van der Waals surface area contributed by atoms with Gasteiger partial charge < -0.3 is 0 Å². The van der Waals surface area contributed by atoms with E-state index >= 15 is 0 Å². The second-order valence-electron chi connectivity index (χ2n) is 6.44. The number of rotatable bonds is 6. The van der Waals surface area contributed by atoms with Crippen molar-refractivity contribution in [3.8, 4) is 0 Å². The van der Waals surface area contributed by atoms with Crippen LogP contribution in [0.5, 0.6) is 0 Å². The number of hydrogen-bond acceptors (Lipinski definition) is 7. The predicted molar refractivity (Wildman–Crippen MR) is 102 cm³/mol. The van der Waals surface area contributed by atoms with Crippen molar-refractivity contribution in [1.29, 1.82) is 0 Å². The topological polar surface area (TPSA) is 87.5 Å². The molecule has 2 N–H and O–H groups in total. The van der Waals surface area contributed by atoms with Crippen molar-refractivity contribution < 1.29 is 0 Å². The molecule has 0 radical (unpaired) electrons. The molecule has 3 rings (SSSR count). The zero-order valence-corrected chi connectivity index (χ0v) is 14.6. The number of nitrogens with zero attached hydrogens (tertiary/aromatic N) is 5. The van der Waals surface area contributed by atoms with E-state index in [9.17, 15) is 0 Å². The number of hydrogen-bond donors (Lipinski definition) is 2.